The number of hydrogen-bond donors (Lipinski definition) is 1. The lowest BCUT2D eigenvalue weighted by Crippen LogP contribution is -2.31. The predicted molar refractivity (Wildman–Crippen MR) is 118 cm³/mol. The van der Waals surface area contributed by atoms with Crippen molar-refractivity contribution in [3.05, 3.63) is 92.8 Å². The number of nitro groups is 1. The zero-order valence-electron chi connectivity index (χ0n) is 17.4. The maximum absolute atomic E-state index is 13.7. The highest BCUT2D eigenvalue weighted by atomic mass is 16.6. The highest BCUT2D eigenvalue weighted by Crippen LogP contribution is 2.45. The molecule has 0 saturated heterocycles. The van der Waals surface area contributed by atoms with E-state index in [1.54, 1.807) is 4.68 Å². The monoisotopic (exact) mass is 428 g/mol. The molecule has 1 aromatic heterocycles. The van der Waals surface area contributed by atoms with Crippen molar-refractivity contribution in [1.82, 2.24) is 9.78 Å². The van der Waals surface area contributed by atoms with Crippen molar-refractivity contribution < 1.29 is 14.5 Å². The molecule has 2 aliphatic rings. The molecule has 2 aromatic carbocycles. The summed E-state index contributed by atoms with van der Waals surface area (Å²) in [6.07, 6.45) is 1.78. The van der Waals surface area contributed by atoms with Gasteiger partial charge in [-0.3, -0.25) is 19.7 Å². The average molecular weight is 428 g/mol. The van der Waals surface area contributed by atoms with Crippen LogP contribution in [0.25, 0.3) is 5.69 Å². The first-order valence-electron chi connectivity index (χ1n) is 10.4. The van der Waals surface area contributed by atoms with Crippen LogP contribution >= 0.6 is 0 Å². The Morgan fingerprint density at radius 3 is 2.53 bits per heavy atom. The van der Waals surface area contributed by atoms with Crippen molar-refractivity contribution in [1.29, 1.82) is 0 Å². The molecule has 3 aromatic rings. The summed E-state index contributed by atoms with van der Waals surface area (Å²) in [5.74, 6) is -0.423. The van der Waals surface area contributed by atoms with E-state index in [4.69, 9.17) is 0 Å². The van der Waals surface area contributed by atoms with Gasteiger partial charge >= 0.3 is 0 Å². The van der Waals surface area contributed by atoms with Crippen LogP contribution in [-0.2, 0) is 4.79 Å². The van der Waals surface area contributed by atoms with Crippen molar-refractivity contribution in [2.24, 2.45) is 0 Å². The smallest absolute Gasteiger partial charge is 0.269 e. The molecule has 0 spiro atoms. The van der Waals surface area contributed by atoms with Gasteiger partial charge in [0.15, 0.2) is 11.6 Å². The quantitative estimate of drug-likeness (QED) is 0.373. The fourth-order valence-corrected chi connectivity index (χ4v) is 4.55. The van der Waals surface area contributed by atoms with Gasteiger partial charge in [-0.05, 0) is 44.0 Å². The molecule has 0 saturated carbocycles. The summed E-state index contributed by atoms with van der Waals surface area (Å²) >= 11 is 0. The van der Waals surface area contributed by atoms with E-state index >= 15 is 0 Å². The largest absolute Gasteiger partial charge is 0.343 e. The molecular weight excluding hydrogens is 408 g/mol. The number of nitrogens with one attached hydrogen (secondary N) is 1. The van der Waals surface area contributed by atoms with Crippen LogP contribution in [0.2, 0.25) is 0 Å². The van der Waals surface area contributed by atoms with E-state index < -0.39 is 10.8 Å². The second-order valence-corrected chi connectivity index (χ2v) is 7.99. The number of allylic oxidation sites excluding steroid dienone is 2. The number of ketones is 2. The molecule has 2 heterocycles. The molecule has 1 atom stereocenters. The van der Waals surface area contributed by atoms with E-state index in [1.165, 1.54) is 24.3 Å². The molecule has 0 amide bonds. The van der Waals surface area contributed by atoms with E-state index in [1.807, 2.05) is 37.3 Å². The third-order valence-electron chi connectivity index (χ3n) is 6.04. The Kier molecular flexibility index (Phi) is 4.70. The lowest BCUT2D eigenvalue weighted by Gasteiger charge is -2.32. The van der Waals surface area contributed by atoms with Crippen LogP contribution in [0, 0.1) is 17.0 Å². The van der Waals surface area contributed by atoms with Crippen LogP contribution in [0.1, 0.15) is 46.8 Å². The van der Waals surface area contributed by atoms with Gasteiger partial charge in [0.2, 0.25) is 0 Å². The zero-order valence-corrected chi connectivity index (χ0v) is 17.4. The first-order chi connectivity index (χ1) is 15.5. The van der Waals surface area contributed by atoms with E-state index in [-0.39, 0.29) is 17.3 Å². The molecular formula is C24H20N4O4. The molecule has 0 bridgehead atoms. The minimum atomic E-state index is -0.798. The third kappa shape index (κ3) is 3.11. The fraction of sp³-hybridized carbons (Fsp3) is 0.208. The number of para-hydroxylation sites is 1. The molecule has 0 fully saturated rings. The van der Waals surface area contributed by atoms with E-state index in [2.05, 4.69) is 10.4 Å². The van der Waals surface area contributed by atoms with Gasteiger partial charge in [0.1, 0.15) is 5.82 Å². The van der Waals surface area contributed by atoms with Gasteiger partial charge in [0.25, 0.3) is 5.69 Å². The summed E-state index contributed by atoms with van der Waals surface area (Å²) in [7, 11) is 0. The molecule has 1 aliphatic carbocycles. The maximum atomic E-state index is 13.7. The Labute approximate surface area is 183 Å². The Bertz CT molecular complexity index is 1290. The van der Waals surface area contributed by atoms with E-state index in [0.29, 0.717) is 41.1 Å². The summed E-state index contributed by atoms with van der Waals surface area (Å²) in [5.41, 5.74) is 3.65. The third-order valence-corrected chi connectivity index (χ3v) is 6.04. The molecule has 32 heavy (non-hydrogen) atoms. The van der Waals surface area contributed by atoms with Gasteiger partial charge in [-0.2, -0.15) is 5.10 Å². The number of anilines is 1. The van der Waals surface area contributed by atoms with Gasteiger partial charge in [-0.15, -0.1) is 0 Å². The summed E-state index contributed by atoms with van der Waals surface area (Å²) < 4.78 is 1.77. The van der Waals surface area contributed by atoms with Gasteiger partial charge in [-0.25, -0.2) is 4.68 Å². The number of nitrogens with zero attached hydrogens (tertiary/aromatic N) is 3. The van der Waals surface area contributed by atoms with Crippen LogP contribution in [-0.4, -0.2) is 26.3 Å². The van der Waals surface area contributed by atoms with Crippen LogP contribution in [0.5, 0.6) is 0 Å². The Morgan fingerprint density at radius 1 is 1.12 bits per heavy atom. The first kappa shape index (κ1) is 19.9. The lowest BCUT2D eigenvalue weighted by molar-refractivity contribution is -0.384. The van der Waals surface area contributed by atoms with Gasteiger partial charge in [-0.1, -0.05) is 18.2 Å². The van der Waals surface area contributed by atoms with Gasteiger partial charge < -0.3 is 5.32 Å². The summed E-state index contributed by atoms with van der Waals surface area (Å²) in [5, 5.41) is 19.1. The number of aryl methyl sites for hydroxylation is 1. The normalized spacial score (nSPS) is 17.4. The predicted octanol–water partition coefficient (Wildman–Crippen LogP) is 4.49. The second-order valence-electron chi connectivity index (χ2n) is 7.99. The number of Topliss-reactive ketones (excluding diaryl/α,β-unsaturated/α-hetero) is 2. The zero-order chi connectivity index (χ0) is 22.4. The topological polar surface area (TPSA) is 107 Å². The Hall–Kier alpha value is -4.07. The number of nitro benzene ring substituents is 1. The van der Waals surface area contributed by atoms with Gasteiger partial charge in [0, 0.05) is 41.0 Å². The number of non-ortho nitro benzene ring substituents is 1. The lowest BCUT2D eigenvalue weighted by atomic mass is 9.76. The number of aromatic nitrogens is 2. The summed E-state index contributed by atoms with van der Waals surface area (Å²) in [6.45, 7) is 1.83. The highest BCUT2D eigenvalue weighted by Gasteiger charge is 2.41. The molecule has 8 heteroatoms. The van der Waals surface area contributed by atoms with Gasteiger partial charge in [0.05, 0.1) is 22.2 Å². The molecule has 1 N–H and O–H groups in total. The number of carbonyl (C=O) groups excluding carboxylic acids is 2. The molecule has 160 valence electrons. The number of fused-ring (bicyclic) bond motifs is 1. The molecule has 0 radical (unpaired) electrons. The molecule has 8 nitrogen and oxygen atoms in total. The maximum Gasteiger partial charge on any atom is 0.269 e. The van der Waals surface area contributed by atoms with Crippen LogP contribution < -0.4 is 5.32 Å². The Morgan fingerprint density at radius 2 is 1.84 bits per heavy atom. The standard InChI is InChI=1S/C24H20N4O4/c1-14-20-22(23(30)15-10-12-17(13-11-15)28(31)32)21-18(8-5-9-19(21)29)25-24(20)27(26-14)16-6-3-2-4-7-16/h2-4,6-7,10-13,22,25H,5,8-9H2,1H3. The van der Waals surface area contributed by atoms with Crippen LogP contribution in [0.3, 0.4) is 0 Å². The molecule has 5 rings (SSSR count). The van der Waals surface area contributed by atoms with E-state index in [9.17, 15) is 19.7 Å². The first-order valence-corrected chi connectivity index (χ1v) is 10.4. The molecule has 1 aliphatic heterocycles. The van der Waals surface area contributed by atoms with Crippen molar-refractivity contribution in [3.63, 3.8) is 0 Å². The van der Waals surface area contributed by atoms with Crippen molar-refractivity contribution in [3.8, 4) is 5.69 Å². The van der Waals surface area contributed by atoms with Crippen LogP contribution in [0.15, 0.2) is 65.9 Å². The highest BCUT2D eigenvalue weighted by molar-refractivity contribution is 6.13. The minimum absolute atomic E-state index is 0.0449. The number of hydrogen-bond acceptors (Lipinski definition) is 6. The second kappa shape index (κ2) is 7.56. The molecule has 1 unspecified atom stereocenters. The van der Waals surface area contributed by atoms with Crippen LogP contribution in [0.4, 0.5) is 11.5 Å². The number of benzene rings is 2. The summed E-state index contributed by atoms with van der Waals surface area (Å²) in [6, 6.07) is 15.1. The summed E-state index contributed by atoms with van der Waals surface area (Å²) in [4.78, 5) is 37.2. The average Bonchev–Trinajstić information content (AvgIpc) is 3.14. The fourth-order valence-electron chi connectivity index (χ4n) is 4.55. The van der Waals surface area contributed by atoms with Crippen molar-refractivity contribution >= 4 is 23.1 Å². The van der Waals surface area contributed by atoms with E-state index in [0.717, 1.165) is 17.8 Å². The van der Waals surface area contributed by atoms with Crippen molar-refractivity contribution in [2.75, 3.05) is 5.32 Å². The van der Waals surface area contributed by atoms with Crippen molar-refractivity contribution in [2.45, 2.75) is 32.1 Å². The number of rotatable bonds is 4. The number of carbonyl (C=O) groups is 2. The minimum Gasteiger partial charge on any atom is -0.343 e. The Balaban J connectivity index is 1.68. The SMILES string of the molecule is Cc1nn(-c2ccccc2)c2c1C(C(=O)c1ccc([N+](=O)[O-])cc1)C1=C(CCCC1=O)N2.